The smallest absolute Gasteiger partial charge is 0.250 e. The molecule has 9 heteroatoms. The predicted octanol–water partition coefficient (Wildman–Crippen LogP) is 3.55. The first-order valence-corrected chi connectivity index (χ1v) is 12.1. The Morgan fingerprint density at radius 3 is 2.66 bits per heavy atom. The number of aryl methyl sites for hydroxylation is 1. The van der Waals surface area contributed by atoms with Crippen LogP contribution in [0.5, 0.6) is 5.75 Å². The summed E-state index contributed by atoms with van der Waals surface area (Å²) in [5, 5.41) is 14.0. The molecule has 35 heavy (non-hydrogen) atoms. The number of benzene rings is 1. The first-order chi connectivity index (χ1) is 16.9. The summed E-state index contributed by atoms with van der Waals surface area (Å²) in [5.41, 5.74) is 0.757. The van der Waals surface area contributed by atoms with Crippen molar-refractivity contribution >= 4 is 5.82 Å². The summed E-state index contributed by atoms with van der Waals surface area (Å²) in [6.07, 6.45) is 8.30. The number of hydrogen-bond donors (Lipinski definition) is 2. The number of aromatic hydroxyl groups is 1. The van der Waals surface area contributed by atoms with Gasteiger partial charge in [-0.15, -0.1) is 0 Å². The maximum Gasteiger partial charge on any atom is 0.250 e. The fourth-order valence-electron chi connectivity index (χ4n) is 5.52. The number of halogens is 2. The Labute approximate surface area is 201 Å². The van der Waals surface area contributed by atoms with Crippen LogP contribution in [-0.4, -0.2) is 50.0 Å². The fourth-order valence-corrected chi connectivity index (χ4v) is 5.52. The highest BCUT2D eigenvalue weighted by Gasteiger charge is 2.48. The standard InChI is InChI=1S/C26H27F2N5O2/c1-32-7-6-14(8-25(32)35)17-11-23(34)18(10-19(17)27)21-12-30-24(13-29-21)33(16-3-4-16)22-9-15-2-5-20(31-15)26(22)28/h6-8,10-13,15-16,20,22,26,31,34H,2-5,9H2,1H3/t15?,20?,22-,26+/m1/s1. The van der Waals surface area contributed by atoms with Gasteiger partial charge >= 0.3 is 0 Å². The van der Waals surface area contributed by atoms with Crippen LogP contribution in [0.4, 0.5) is 14.6 Å². The second-order valence-electron chi connectivity index (χ2n) is 9.91. The molecule has 0 amide bonds. The van der Waals surface area contributed by atoms with E-state index in [1.165, 1.54) is 29.0 Å². The van der Waals surface area contributed by atoms with Crippen molar-refractivity contribution in [3.8, 4) is 28.1 Å². The molecule has 3 fully saturated rings. The summed E-state index contributed by atoms with van der Waals surface area (Å²) < 4.78 is 31.7. The van der Waals surface area contributed by atoms with Gasteiger partial charge in [0.15, 0.2) is 0 Å². The van der Waals surface area contributed by atoms with E-state index in [0.29, 0.717) is 23.1 Å². The van der Waals surface area contributed by atoms with E-state index < -0.39 is 12.0 Å². The van der Waals surface area contributed by atoms with E-state index in [4.69, 9.17) is 0 Å². The van der Waals surface area contributed by atoms with Crippen molar-refractivity contribution in [1.82, 2.24) is 19.9 Å². The van der Waals surface area contributed by atoms with Crippen molar-refractivity contribution < 1.29 is 13.9 Å². The minimum Gasteiger partial charge on any atom is -0.507 e. The zero-order valence-electron chi connectivity index (χ0n) is 19.4. The third kappa shape index (κ3) is 3.97. The fraction of sp³-hybridized carbons (Fsp3) is 0.423. The quantitative estimate of drug-likeness (QED) is 0.583. The molecule has 1 saturated carbocycles. The molecule has 2 saturated heterocycles. The Bertz CT molecular complexity index is 1320. The Balaban J connectivity index is 1.29. The molecule has 0 radical (unpaired) electrons. The van der Waals surface area contributed by atoms with Gasteiger partial charge in [-0.25, -0.2) is 13.8 Å². The zero-order valence-corrected chi connectivity index (χ0v) is 19.4. The second-order valence-corrected chi connectivity index (χ2v) is 9.91. The molecule has 2 aromatic heterocycles. The van der Waals surface area contributed by atoms with Gasteiger partial charge in [0, 0.05) is 48.6 Å². The van der Waals surface area contributed by atoms with Crippen LogP contribution in [0.3, 0.4) is 0 Å². The van der Waals surface area contributed by atoms with Crippen molar-refractivity contribution in [3.63, 3.8) is 0 Å². The van der Waals surface area contributed by atoms with Crippen LogP contribution in [0.15, 0.2) is 47.7 Å². The summed E-state index contributed by atoms with van der Waals surface area (Å²) in [6.45, 7) is 0. The van der Waals surface area contributed by atoms with Crippen molar-refractivity contribution in [2.75, 3.05) is 4.90 Å². The van der Waals surface area contributed by atoms with Crippen LogP contribution in [0.1, 0.15) is 32.1 Å². The second kappa shape index (κ2) is 8.41. The minimum atomic E-state index is -0.962. The van der Waals surface area contributed by atoms with Gasteiger partial charge < -0.3 is 19.9 Å². The van der Waals surface area contributed by atoms with Gasteiger partial charge in [0.05, 0.1) is 24.1 Å². The summed E-state index contributed by atoms with van der Waals surface area (Å²) in [5.74, 6) is -0.133. The Kier molecular flexibility index (Phi) is 5.32. The largest absolute Gasteiger partial charge is 0.507 e. The van der Waals surface area contributed by atoms with Crippen LogP contribution in [0.2, 0.25) is 0 Å². The van der Waals surface area contributed by atoms with E-state index in [1.54, 1.807) is 25.5 Å². The number of piperidine rings is 1. The lowest BCUT2D eigenvalue weighted by Gasteiger charge is -2.41. The molecule has 0 spiro atoms. The van der Waals surface area contributed by atoms with E-state index in [9.17, 15) is 14.3 Å². The van der Waals surface area contributed by atoms with Crippen LogP contribution in [0, 0.1) is 5.82 Å². The Morgan fingerprint density at radius 1 is 1.11 bits per heavy atom. The van der Waals surface area contributed by atoms with Crippen molar-refractivity contribution in [2.45, 2.75) is 62.4 Å². The van der Waals surface area contributed by atoms with Crippen molar-refractivity contribution in [1.29, 1.82) is 0 Å². The molecule has 1 aromatic carbocycles. The Morgan fingerprint density at radius 2 is 1.94 bits per heavy atom. The van der Waals surface area contributed by atoms with E-state index in [0.717, 1.165) is 32.1 Å². The van der Waals surface area contributed by atoms with Gasteiger partial charge in [-0.05, 0) is 55.9 Å². The molecule has 1 aliphatic carbocycles. The van der Waals surface area contributed by atoms with Gasteiger partial charge in [-0.3, -0.25) is 9.78 Å². The number of anilines is 1. The average Bonchev–Trinajstić information content (AvgIpc) is 3.60. The number of pyridine rings is 1. The predicted molar refractivity (Wildman–Crippen MR) is 129 cm³/mol. The van der Waals surface area contributed by atoms with Crippen molar-refractivity contribution in [2.24, 2.45) is 7.05 Å². The molecule has 7 nitrogen and oxygen atoms in total. The highest BCUT2D eigenvalue weighted by atomic mass is 19.1. The third-order valence-electron chi connectivity index (χ3n) is 7.53. The maximum absolute atomic E-state index is 15.3. The highest BCUT2D eigenvalue weighted by Crippen LogP contribution is 2.40. The number of nitrogens with one attached hydrogen (secondary N) is 1. The number of phenolic OH excluding ortho intramolecular Hbond substituents is 1. The van der Waals surface area contributed by atoms with E-state index >= 15 is 4.39 Å². The number of hydrogen-bond acceptors (Lipinski definition) is 6. The summed E-state index contributed by atoms with van der Waals surface area (Å²) >= 11 is 0. The lowest BCUT2D eigenvalue weighted by Crippen LogP contribution is -2.57. The van der Waals surface area contributed by atoms with Gasteiger partial charge in [-0.1, -0.05) is 0 Å². The molecule has 2 aliphatic heterocycles. The lowest BCUT2D eigenvalue weighted by molar-refractivity contribution is 0.171. The average molecular weight is 480 g/mol. The monoisotopic (exact) mass is 479 g/mol. The number of fused-ring (bicyclic) bond motifs is 2. The molecule has 182 valence electrons. The zero-order chi connectivity index (χ0) is 24.3. The van der Waals surface area contributed by atoms with Crippen LogP contribution >= 0.6 is 0 Å². The molecule has 2 unspecified atom stereocenters. The number of nitrogens with zero attached hydrogens (tertiary/aromatic N) is 4. The number of phenols is 1. The maximum atomic E-state index is 15.3. The molecule has 3 aliphatic rings. The van der Waals surface area contributed by atoms with Gasteiger partial charge in [0.1, 0.15) is 23.6 Å². The van der Waals surface area contributed by atoms with Crippen LogP contribution < -0.4 is 15.8 Å². The summed E-state index contributed by atoms with van der Waals surface area (Å²) in [4.78, 5) is 23.1. The molecule has 2 N–H and O–H groups in total. The van der Waals surface area contributed by atoms with Crippen LogP contribution in [-0.2, 0) is 7.05 Å². The lowest BCUT2D eigenvalue weighted by atomic mass is 9.96. The SMILES string of the molecule is Cn1ccc(-c2cc(O)c(-c3cnc(N(C4CC4)[C@@H]4CC5CCC(N5)[C@@H]4F)cn3)cc2F)cc1=O. The topological polar surface area (TPSA) is 83.3 Å². The third-order valence-corrected chi connectivity index (χ3v) is 7.53. The number of rotatable bonds is 5. The molecular weight excluding hydrogens is 452 g/mol. The molecule has 3 aromatic rings. The van der Waals surface area contributed by atoms with Crippen LogP contribution in [0.25, 0.3) is 22.4 Å². The van der Waals surface area contributed by atoms with E-state index in [2.05, 4.69) is 20.2 Å². The van der Waals surface area contributed by atoms with Crippen molar-refractivity contribution in [3.05, 3.63) is 59.0 Å². The normalized spacial score (nSPS) is 25.6. The van der Waals surface area contributed by atoms with E-state index in [-0.39, 0.29) is 40.6 Å². The molecule has 6 rings (SSSR count). The minimum absolute atomic E-state index is 0.101. The molecule has 2 bridgehead atoms. The Hall–Kier alpha value is -3.33. The molecule has 4 heterocycles. The summed E-state index contributed by atoms with van der Waals surface area (Å²) in [7, 11) is 1.61. The van der Waals surface area contributed by atoms with Gasteiger partial charge in [-0.2, -0.15) is 0 Å². The number of aromatic nitrogens is 3. The van der Waals surface area contributed by atoms with Gasteiger partial charge in [0.25, 0.3) is 5.56 Å². The van der Waals surface area contributed by atoms with E-state index in [1.807, 2.05) is 0 Å². The van der Waals surface area contributed by atoms with Gasteiger partial charge in [0.2, 0.25) is 0 Å². The number of alkyl halides is 1. The summed E-state index contributed by atoms with van der Waals surface area (Å²) in [6, 6.07) is 5.71. The highest BCUT2D eigenvalue weighted by molar-refractivity contribution is 5.74. The first kappa shape index (κ1) is 22.2. The molecule has 4 atom stereocenters. The molecular formula is C26H27F2N5O2. The first-order valence-electron chi connectivity index (χ1n) is 12.1.